The van der Waals surface area contributed by atoms with Crippen LogP contribution in [0.2, 0.25) is 0 Å². The van der Waals surface area contributed by atoms with Crippen molar-refractivity contribution in [3.63, 3.8) is 0 Å². The topological polar surface area (TPSA) is 71.5 Å². The molecule has 22 heavy (non-hydrogen) atoms. The van der Waals surface area contributed by atoms with Crippen molar-refractivity contribution in [3.8, 4) is 5.88 Å². The summed E-state index contributed by atoms with van der Waals surface area (Å²) in [6.45, 7) is 2.82. The first-order valence-electron chi connectivity index (χ1n) is 8.23. The lowest BCUT2D eigenvalue weighted by atomic mass is 9.92. The van der Waals surface area contributed by atoms with Gasteiger partial charge in [0.1, 0.15) is 0 Å². The number of hydrogen-bond acceptors (Lipinski definition) is 4. The Kier molecular flexibility index (Phi) is 4.93. The van der Waals surface area contributed by atoms with Crippen LogP contribution in [0.5, 0.6) is 5.88 Å². The summed E-state index contributed by atoms with van der Waals surface area (Å²) < 4.78 is 5.86. The van der Waals surface area contributed by atoms with Crippen LogP contribution in [0.4, 0.5) is 0 Å². The van der Waals surface area contributed by atoms with Crippen LogP contribution in [0.15, 0.2) is 18.3 Å². The van der Waals surface area contributed by atoms with Crippen LogP contribution in [0.3, 0.4) is 0 Å². The van der Waals surface area contributed by atoms with Crippen LogP contribution < -0.4 is 10.1 Å². The molecule has 3 rings (SSSR count). The molecule has 1 aromatic heterocycles. The molecule has 0 spiro atoms. The number of nitrogens with zero attached hydrogens (tertiary/aromatic N) is 1. The number of pyridine rings is 1. The molecule has 1 aliphatic carbocycles. The van der Waals surface area contributed by atoms with Crippen LogP contribution in [0, 0.1) is 11.8 Å². The van der Waals surface area contributed by atoms with Gasteiger partial charge in [-0.1, -0.05) is 0 Å². The van der Waals surface area contributed by atoms with E-state index >= 15 is 0 Å². The second-order valence-corrected chi connectivity index (χ2v) is 6.47. The van der Waals surface area contributed by atoms with Crippen molar-refractivity contribution in [2.24, 2.45) is 11.8 Å². The molecule has 5 nitrogen and oxygen atoms in total. The minimum atomic E-state index is -0.731. The molecule has 1 saturated carbocycles. The van der Waals surface area contributed by atoms with E-state index in [2.05, 4.69) is 10.3 Å². The van der Waals surface area contributed by atoms with E-state index < -0.39 is 5.97 Å². The summed E-state index contributed by atoms with van der Waals surface area (Å²) in [6.07, 6.45) is 6.48. The largest absolute Gasteiger partial charge is 0.481 e. The first-order valence-corrected chi connectivity index (χ1v) is 8.23. The molecule has 1 aliphatic heterocycles. The van der Waals surface area contributed by atoms with E-state index in [9.17, 15) is 4.79 Å². The third kappa shape index (κ3) is 4.19. The number of carboxylic acids is 1. The van der Waals surface area contributed by atoms with Gasteiger partial charge in [-0.3, -0.25) is 4.79 Å². The highest BCUT2D eigenvalue weighted by Crippen LogP contribution is 2.44. The number of aromatic nitrogens is 1. The van der Waals surface area contributed by atoms with E-state index in [1.54, 1.807) is 6.20 Å². The van der Waals surface area contributed by atoms with Gasteiger partial charge in [-0.05, 0) is 68.2 Å². The van der Waals surface area contributed by atoms with Crippen molar-refractivity contribution in [3.05, 3.63) is 23.9 Å². The molecule has 5 heteroatoms. The highest BCUT2D eigenvalue weighted by molar-refractivity contribution is 5.68. The molecule has 1 aromatic rings. The van der Waals surface area contributed by atoms with Gasteiger partial charge >= 0.3 is 5.97 Å². The molecule has 2 N–H and O–H groups in total. The quantitative estimate of drug-likeness (QED) is 0.809. The number of piperidine rings is 1. The lowest BCUT2D eigenvalue weighted by molar-refractivity contribution is -0.137. The number of hydrogen-bond donors (Lipinski definition) is 2. The SMILES string of the molecule is O=C(O)C[C@H](c1ccnc(OCC2CCNCC2)c1)C1CC1. The first kappa shape index (κ1) is 15.3. The lowest BCUT2D eigenvalue weighted by Gasteiger charge is -2.22. The van der Waals surface area contributed by atoms with E-state index in [0.717, 1.165) is 44.3 Å². The van der Waals surface area contributed by atoms with Gasteiger partial charge < -0.3 is 15.2 Å². The van der Waals surface area contributed by atoms with Crippen LogP contribution in [-0.4, -0.2) is 35.8 Å². The van der Waals surface area contributed by atoms with Crippen LogP contribution in [0.25, 0.3) is 0 Å². The van der Waals surface area contributed by atoms with Crippen molar-refractivity contribution >= 4 is 5.97 Å². The summed E-state index contributed by atoms with van der Waals surface area (Å²) in [7, 11) is 0. The van der Waals surface area contributed by atoms with Crippen molar-refractivity contribution < 1.29 is 14.6 Å². The number of aliphatic carboxylic acids is 1. The van der Waals surface area contributed by atoms with Crippen molar-refractivity contribution in [1.29, 1.82) is 0 Å². The number of ether oxygens (including phenoxy) is 1. The third-order valence-corrected chi connectivity index (χ3v) is 4.70. The van der Waals surface area contributed by atoms with Gasteiger partial charge in [0.2, 0.25) is 5.88 Å². The van der Waals surface area contributed by atoms with Gasteiger partial charge in [-0.15, -0.1) is 0 Å². The van der Waals surface area contributed by atoms with Gasteiger partial charge in [-0.25, -0.2) is 4.98 Å². The Labute approximate surface area is 131 Å². The van der Waals surface area contributed by atoms with Gasteiger partial charge in [0, 0.05) is 12.3 Å². The van der Waals surface area contributed by atoms with E-state index in [0.29, 0.717) is 24.3 Å². The number of rotatable bonds is 7. The summed E-state index contributed by atoms with van der Waals surface area (Å²) in [5, 5.41) is 12.5. The number of nitrogens with one attached hydrogen (secondary N) is 1. The highest BCUT2D eigenvalue weighted by Gasteiger charge is 2.34. The Bertz CT molecular complexity index is 510. The van der Waals surface area contributed by atoms with Gasteiger partial charge in [0.05, 0.1) is 13.0 Å². The molecule has 2 heterocycles. The van der Waals surface area contributed by atoms with E-state index in [1.165, 1.54) is 0 Å². The minimum Gasteiger partial charge on any atom is -0.481 e. The normalized spacial score (nSPS) is 20.5. The number of carbonyl (C=O) groups is 1. The van der Waals surface area contributed by atoms with Crippen molar-refractivity contribution in [2.75, 3.05) is 19.7 Å². The summed E-state index contributed by atoms with van der Waals surface area (Å²) in [5.41, 5.74) is 1.06. The Balaban J connectivity index is 1.62. The van der Waals surface area contributed by atoms with E-state index in [1.807, 2.05) is 12.1 Å². The maximum absolute atomic E-state index is 11.1. The predicted molar refractivity (Wildman–Crippen MR) is 83.0 cm³/mol. The molecule has 0 aromatic carbocycles. The molecular formula is C17H24N2O3. The van der Waals surface area contributed by atoms with Crippen molar-refractivity contribution in [1.82, 2.24) is 10.3 Å². The van der Waals surface area contributed by atoms with Crippen LogP contribution >= 0.6 is 0 Å². The first-order chi connectivity index (χ1) is 10.7. The average molecular weight is 304 g/mol. The highest BCUT2D eigenvalue weighted by atomic mass is 16.5. The van der Waals surface area contributed by atoms with Crippen LogP contribution in [0.1, 0.15) is 43.6 Å². The Morgan fingerprint density at radius 2 is 2.14 bits per heavy atom. The molecule has 0 bridgehead atoms. The molecule has 2 fully saturated rings. The van der Waals surface area contributed by atoms with Gasteiger partial charge in [0.25, 0.3) is 0 Å². The monoisotopic (exact) mass is 304 g/mol. The molecule has 0 unspecified atom stereocenters. The summed E-state index contributed by atoms with van der Waals surface area (Å²) >= 11 is 0. The fourth-order valence-electron chi connectivity index (χ4n) is 3.23. The van der Waals surface area contributed by atoms with E-state index in [-0.39, 0.29) is 12.3 Å². The maximum atomic E-state index is 11.1. The molecule has 1 atom stereocenters. The molecule has 0 amide bonds. The molecule has 120 valence electrons. The zero-order valence-corrected chi connectivity index (χ0v) is 12.8. The van der Waals surface area contributed by atoms with Crippen LogP contribution in [-0.2, 0) is 4.79 Å². The zero-order valence-electron chi connectivity index (χ0n) is 12.8. The molecule has 2 aliphatic rings. The summed E-state index contributed by atoms with van der Waals surface area (Å²) in [5.74, 6) is 1.10. The standard InChI is InChI=1S/C17H24N2O3/c20-17(21)10-15(13-1-2-13)14-5-8-19-16(9-14)22-11-12-3-6-18-7-4-12/h5,8-9,12-13,15,18H,1-4,6-7,10-11H2,(H,20,21)/t15-/m0/s1. The predicted octanol–water partition coefficient (Wildman–Crippen LogP) is 2.43. The minimum absolute atomic E-state index is 0.0988. The summed E-state index contributed by atoms with van der Waals surface area (Å²) in [4.78, 5) is 15.4. The Morgan fingerprint density at radius 3 is 2.82 bits per heavy atom. The molecular weight excluding hydrogens is 280 g/mol. The Hall–Kier alpha value is -1.62. The molecule has 1 saturated heterocycles. The third-order valence-electron chi connectivity index (χ3n) is 4.70. The van der Waals surface area contributed by atoms with Gasteiger partial charge in [0.15, 0.2) is 0 Å². The lowest BCUT2D eigenvalue weighted by Crippen LogP contribution is -2.30. The molecule has 0 radical (unpaired) electrons. The Morgan fingerprint density at radius 1 is 1.36 bits per heavy atom. The van der Waals surface area contributed by atoms with Crippen molar-refractivity contribution in [2.45, 2.75) is 38.0 Å². The fraction of sp³-hybridized carbons (Fsp3) is 0.647. The zero-order chi connectivity index (χ0) is 15.4. The smallest absolute Gasteiger partial charge is 0.303 e. The average Bonchev–Trinajstić information content (AvgIpc) is 3.36. The fourth-order valence-corrected chi connectivity index (χ4v) is 3.23. The number of carboxylic acid groups (broad SMARTS) is 1. The second kappa shape index (κ2) is 7.09. The van der Waals surface area contributed by atoms with Gasteiger partial charge in [-0.2, -0.15) is 0 Å². The summed E-state index contributed by atoms with van der Waals surface area (Å²) in [6, 6.07) is 3.87. The second-order valence-electron chi connectivity index (χ2n) is 6.47. The van der Waals surface area contributed by atoms with E-state index in [4.69, 9.17) is 9.84 Å². The maximum Gasteiger partial charge on any atom is 0.303 e.